The number of nitrogens with zero attached hydrogens (tertiary/aromatic N) is 1. The summed E-state index contributed by atoms with van der Waals surface area (Å²) in [6, 6.07) is 10.8. The average Bonchev–Trinajstić information content (AvgIpc) is 2.62. The third-order valence-electron chi connectivity index (χ3n) is 4.12. The first-order valence-corrected chi connectivity index (χ1v) is 9.59. The molecule has 0 N–H and O–H groups in total. The fraction of sp³-hybridized carbons (Fsp3) is 0.350. The number of carbonyl (C=O) groups excluding carboxylic acids is 1. The topological polar surface area (TPSA) is 29.5 Å². The highest BCUT2D eigenvalue weighted by molar-refractivity contribution is 8.13. The minimum Gasteiger partial charge on any atom is -0.488 e. The standard InChI is InChI=1S/C20H24FNO2S/c1-5-15-10-11-19(14(3)12-15)24-13-16-17(21)8-7-9-18(16)22(6-2)20(23)25-4/h7-12H,5-6,13H2,1-4H3. The van der Waals surface area contributed by atoms with Gasteiger partial charge in [0.15, 0.2) is 0 Å². The summed E-state index contributed by atoms with van der Waals surface area (Å²) in [5.74, 6) is 0.360. The predicted molar refractivity (Wildman–Crippen MR) is 103 cm³/mol. The highest BCUT2D eigenvalue weighted by Crippen LogP contribution is 2.28. The van der Waals surface area contributed by atoms with E-state index in [9.17, 15) is 9.18 Å². The maximum Gasteiger partial charge on any atom is 0.285 e. The zero-order chi connectivity index (χ0) is 18.4. The van der Waals surface area contributed by atoms with E-state index in [0.29, 0.717) is 17.8 Å². The molecular formula is C20H24FNO2S. The van der Waals surface area contributed by atoms with Crippen LogP contribution < -0.4 is 9.64 Å². The van der Waals surface area contributed by atoms with Crippen molar-refractivity contribution in [1.29, 1.82) is 0 Å². The molecular weight excluding hydrogens is 337 g/mol. The SMILES string of the molecule is CCc1ccc(OCc2c(F)cccc2N(CC)C(=O)SC)c(C)c1. The van der Waals surface area contributed by atoms with Gasteiger partial charge in [-0.05, 0) is 55.9 Å². The lowest BCUT2D eigenvalue weighted by atomic mass is 10.1. The molecule has 0 aromatic heterocycles. The number of aryl methyl sites for hydroxylation is 2. The average molecular weight is 361 g/mol. The molecule has 0 bridgehead atoms. The molecule has 0 aliphatic heterocycles. The van der Waals surface area contributed by atoms with Crippen molar-refractivity contribution in [3.05, 3.63) is 58.9 Å². The van der Waals surface area contributed by atoms with E-state index in [1.54, 1.807) is 23.3 Å². The van der Waals surface area contributed by atoms with Crippen molar-refractivity contribution >= 4 is 22.7 Å². The number of hydrogen-bond donors (Lipinski definition) is 0. The Bertz CT molecular complexity index is 748. The van der Waals surface area contributed by atoms with Crippen LogP contribution in [-0.2, 0) is 13.0 Å². The Hall–Kier alpha value is -2.01. The maximum absolute atomic E-state index is 14.4. The number of hydrogen-bond acceptors (Lipinski definition) is 3. The summed E-state index contributed by atoms with van der Waals surface area (Å²) in [5, 5.41) is -0.113. The van der Waals surface area contributed by atoms with Gasteiger partial charge in [-0.15, -0.1) is 0 Å². The van der Waals surface area contributed by atoms with Crippen molar-refractivity contribution in [2.24, 2.45) is 0 Å². The first-order valence-electron chi connectivity index (χ1n) is 8.37. The van der Waals surface area contributed by atoms with Crippen LogP contribution in [-0.4, -0.2) is 18.0 Å². The number of rotatable bonds is 6. The molecule has 2 aromatic rings. The minimum atomic E-state index is -0.368. The number of halogens is 1. The lowest BCUT2D eigenvalue weighted by molar-refractivity contribution is 0.265. The van der Waals surface area contributed by atoms with Crippen molar-refractivity contribution < 1.29 is 13.9 Å². The summed E-state index contributed by atoms with van der Waals surface area (Å²) in [4.78, 5) is 13.7. The Morgan fingerprint density at radius 2 is 2.00 bits per heavy atom. The summed E-state index contributed by atoms with van der Waals surface area (Å²) in [7, 11) is 0. The molecule has 5 heteroatoms. The van der Waals surface area contributed by atoms with E-state index in [1.807, 2.05) is 26.0 Å². The molecule has 25 heavy (non-hydrogen) atoms. The Morgan fingerprint density at radius 3 is 2.60 bits per heavy atom. The van der Waals surface area contributed by atoms with Crippen LogP contribution in [0.5, 0.6) is 5.75 Å². The quantitative estimate of drug-likeness (QED) is 0.672. The van der Waals surface area contributed by atoms with Gasteiger partial charge < -0.3 is 9.64 Å². The Labute approximate surface area is 153 Å². The van der Waals surface area contributed by atoms with Crippen LogP contribution in [0.4, 0.5) is 14.9 Å². The normalized spacial score (nSPS) is 10.6. The Morgan fingerprint density at radius 1 is 1.24 bits per heavy atom. The lowest BCUT2D eigenvalue weighted by Crippen LogP contribution is -2.28. The number of ether oxygens (including phenoxy) is 1. The van der Waals surface area contributed by atoms with Crippen LogP contribution in [0.2, 0.25) is 0 Å². The van der Waals surface area contributed by atoms with Gasteiger partial charge in [-0.3, -0.25) is 4.79 Å². The number of carbonyl (C=O) groups is 1. The van der Waals surface area contributed by atoms with Gasteiger partial charge in [-0.1, -0.05) is 36.9 Å². The van der Waals surface area contributed by atoms with Crippen molar-refractivity contribution in [3.63, 3.8) is 0 Å². The highest BCUT2D eigenvalue weighted by Gasteiger charge is 2.19. The van der Waals surface area contributed by atoms with E-state index in [2.05, 4.69) is 13.0 Å². The third-order valence-corrected chi connectivity index (χ3v) is 4.69. The van der Waals surface area contributed by atoms with Gasteiger partial charge in [0.05, 0.1) is 5.69 Å². The summed E-state index contributed by atoms with van der Waals surface area (Å²) >= 11 is 1.11. The van der Waals surface area contributed by atoms with Crippen LogP contribution in [0, 0.1) is 12.7 Å². The molecule has 134 valence electrons. The predicted octanol–water partition coefficient (Wildman–Crippen LogP) is 5.58. The molecule has 2 rings (SSSR count). The van der Waals surface area contributed by atoms with Gasteiger partial charge in [0.1, 0.15) is 18.2 Å². The molecule has 3 nitrogen and oxygen atoms in total. The Balaban J connectivity index is 2.29. The molecule has 0 saturated carbocycles. The molecule has 1 amide bonds. The molecule has 0 spiro atoms. The van der Waals surface area contributed by atoms with Gasteiger partial charge in [0.2, 0.25) is 0 Å². The van der Waals surface area contributed by atoms with Crippen LogP contribution in [0.15, 0.2) is 36.4 Å². The molecule has 0 aliphatic rings. The molecule has 0 saturated heterocycles. The summed E-state index contributed by atoms with van der Waals surface area (Å²) in [6.07, 6.45) is 2.68. The molecule has 2 aromatic carbocycles. The third kappa shape index (κ3) is 4.54. The maximum atomic E-state index is 14.4. The molecule has 0 fully saturated rings. The van der Waals surface area contributed by atoms with E-state index >= 15 is 0 Å². The number of anilines is 1. The van der Waals surface area contributed by atoms with Gasteiger partial charge in [0, 0.05) is 12.1 Å². The van der Waals surface area contributed by atoms with Gasteiger partial charge in [0.25, 0.3) is 5.24 Å². The fourth-order valence-electron chi connectivity index (χ4n) is 2.69. The van der Waals surface area contributed by atoms with Gasteiger partial charge in [-0.25, -0.2) is 4.39 Å². The second kappa shape index (κ2) is 8.90. The van der Waals surface area contributed by atoms with E-state index in [4.69, 9.17) is 4.74 Å². The summed E-state index contributed by atoms with van der Waals surface area (Å²) < 4.78 is 20.3. The fourth-order valence-corrected chi connectivity index (χ4v) is 3.14. The van der Waals surface area contributed by atoms with Crippen molar-refractivity contribution in [1.82, 2.24) is 0 Å². The first-order chi connectivity index (χ1) is 12.0. The zero-order valence-corrected chi connectivity index (χ0v) is 16.0. The van der Waals surface area contributed by atoms with E-state index in [0.717, 1.165) is 29.5 Å². The number of amides is 1. The number of thioether (sulfide) groups is 1. The monoisotopic (exact) mass is 361 g/mol. The van der Waals surface area contributed by atoms with Crippen LogP contribution in [0.1, 0.15) is 30.5 Å². The second-order valence-corrected chi connectivity index (χ2v) is 6.45. The molecule has 0 radical (unpaired) electrons. The Kier molecular flexibility index (Phi) is 6.88. The largest absolute Gasteiger partial charge is 0.488 e. The molecule has 0 atom stereocenters. The van der Waals surface area contributed by atoms with E-state index < -0.39 is 0 Å². The molecule has 0 aliphatic carbocycles. The number of benzene rings is 2. The minimum absolute atomic E-state index is 0.0759. The van der Waals surface area contributed by atoms with Gasteiger partial charge in [-0.2, -0.15) is 0 Å². The van der Waals surface area contributed by atoms with E-state index in [1.165, 1.54) is 11.6 Å². The molecule has 0 unspecified atom stereocenters. The molecule has 0 heterocycles. The van der Waals surface area contributed by atoms with E-state index in [-0.39, 0.29) is 17.7 Å². The zero-order valence-electron chi connectivity index (χ0n) is 15.1. The van der Waals surface area contributed by atoms with Crippen molar-refractivity contribution in [2.75, 3.05) is 17.7 Å². The highest BCUT2D eigenvalue weighted by atomic mass is 32.2. The smallest absolute Gasteiger partial charge is 0.285 e. The summed E-state index contributed by atoms with van der Waals surface area (Å²) in [6.45, 7) is 6.50. The van der Waals surface area contributed by atoms with Crippen molar-refractivity contribution in [3.8, 4) is 5.75 Å². The second-order valence-electron chi connectivity index (χ2n) is 5.69. The van der Waals surface area contributed by atoms with Gasteiger partial charge >= 0.3 is 0 Å². The first kappa shape index (κ1) is 19.3. The van der Waals surface area contributed by atoms with Crippen molar-refractivity contribution in [2.45, 2.75) is 33.8 Å². The van der Waals surface area contributed by atoms with Crippen LogP contribution >= 0.6 is 11.8 Å². The summed E-state index contributed by atoms with van der Waals surface area (Å²) in [5.41, 5.74) is 3.21. The van der Waals surface area contributed by atoms with Crippen LogP contribution in [0.3, 0.4) is 0 Å². The van der Waals surface area contributed by atoms with Crippen LogP contribution in [0.25, 0.3) is 0 Å². The lowest BCUT2D eigenvalue weighted by Gasteiger charge is -2.23.